The molecule has 1 nitrogen and oxygen atoms in total. The Kier molecular flexibility index (Phi) is 2.69. The van der Waals surface area contributed by atoms with Crippen LogP contribution in [0.15, 0.2) is 12.1 Å². The van der Waals surface area contributed by atoms with Gasteiger partial charge in [-0.2, -0.15) is 0 Å². The Bertz CT molecular complexity index is 281. The lowest BCUT2D eigenvalue weighted by Gasteiger charge is -2.05. The van der Waals surface area contributed by atoms with Crippen molar-refractivity contribution in [3.63, 3.8) is 0 Å². The Balaban J connectivity index is 3.05. The molecule has 1 rings (SSSR count). The highest BCUT2D eigenvalue weighted by Crippen LogP contribution is 2.18. The average molecular weight is 167 g/mol. The number of nitrogen functional groups attached to an aromatic ring is 1. The van der Waals surface area contributed by atoms with Gasteiger partial charge in [0.25, 0.3) is 0 Å². The van der Waals surface area contributed by atoms with Gasteiger partial charge in [0.1, 0.15) is 5.82 Å². The van der Waals surface area contributed by atoms with Crippen LogP contribution in [0.1, 0.15) is 24.5 Å². The van der Waals surface area contributed by atoms with Crippen molar-refractivity contribution in [2.45, 2.75) is 26.7 Å². The Morgan fingerprint density at radius 2 is 2.08 bits per heavy atom. The maximum atomic E-state index is 12.9. The van der Waals surface area contributed by atoms with Gasteiger partial charge >= 0.3 is 0 Å². The summed E-state index contributed by atoms with van der Waals surface area (Å²) in [5.74, 6) is -0.313. The summed E-state index contributed by atoms with van der Waals surface area (Å²) in [6.45, 7) is 4.01. The number of aryl methyl sites for hydroxylation is 2. The number of anilines is 1. The first-order chi connectivity index (χ1) is 5.65. The molecule has 0 aromatic heterocycles. The summed E-state index contributed by atoms with van der Waals surface area (Å²) in [6.07, 6.45) is 2.03. The first-order valence-electron chi connectivity index (χ1n) is 4.19. The highest BCUT2D eigenvalue weighted by molar-refractivity contribution is 5.45. The fraction of sp³-hybridized carbons (Fsp3) is 0.400. The van der Waals surface area contributed by atoms with Crippen LogP contribution in [0, 0.1) is 12.7 Å². The van der Waals surface area contributed by atoms with Gasteiger partial charge in [-0.05, 0) is 36.6 Å². The van der Waals surface area contributed by atoms with E-state index >= 15 is 0 Å². The van der Waals surface area contributed by atoms with E-state index in [1.54, 1.807) is 6.07 Å². The van der Waals surface area contributed by atoms with Gasteiger partial charge in [-0.25, -0.2) is 4.39 Å². The van der Waals surface area contributed by atoms with Crippen molar-refractivity contribution in [2.24, 2.45) is 0 Å². The normalized spacial score (nSPS) is 10.2. The van der Waals surface area contributed by atoms with E-state index in [1.807, 2.05) is 6.92 Å². The summed E-state index contributed by atoms with van der Waals surface area (Å²) in [7, 11) is 0. The van der Waals surface area contributed by atoms with Crippen LogP contribution >= 0.6 is 0 Å². The van der Waals surface area contributed by atoms with Crippen molar-refractivity contribution in [1.29, 1.82) is 0 Å². The molecule has 0 saturated heterocycles. The summed E-state index contributed by atoms with van der Waals surface area (Å²) < 4.78 is 12.9. The molecule has 0 unspecified atom stereocenters. The SMILES string of the molecule is CCCc1cc(N)c(F)cc1C. The van der Waals surface area contributed by atoms with Gasteiger partial charge in [0.05, 0.1) is 5.69 Å². The fourth-order valence-corrected chi connectivity index (χ4v) is 1.28. The van der Waals surface area contributed by atoms with Crippen LogP contribution in [0.25, 0.3) is 0 Å². The Labute approximate surface area is 72.4 Å². The molecule has 0 saturated carbocycles. The molecule has 0 aliphatic rings. The molecule has 1 aromatic carbocycles. The maximum absolute atomic E-state index is 12.9. The molecule has 0 amide bonds. The second-order valence-electron chi connectivity index (χ2n) is 3.05. The molecular weight excluding hydrogens is 153 g/mol. The number of nitrogens with two attached hydrogens (primary N) is 1. The zero-order valence-electron chi connectivity index (χ0n) is 7.52. The molecule has 0 spiro atoms. The van der Waals surface area contributed by atoms with Crippen LogP contribution < -0.4 is 5.73 Å². The second-order valence-corrected chi connectivity index (χ2v) is 3.05. The van der Waals surface area contributed by atoms with E-state index < -0.39 is 0 Å². The Morgan fingerprint density at radius 3 is 2.67 bits per heavy atom. The van der Waals surface area contributed by atoms with E-state index in [2.05, 4.69) is 6.92 Å². The van der Waals surface area contributed by atoms with Crippen molar-refractivity contribution < 1.29 is 4.39 Å². The van der Waals surface area contributed by atoms with E-state index in [-0.39, 0.29) is 11.5 Å². The van der Waals surface area contributed by atoms with Gasteiger partial charge in [0.15, 0.2) is 0 Å². The lowest BCUT2D eigenvalue weighted by molar-refractivity contribution is 0.630. The predicted octanol–water partition coefficient (Wildman–Crippen LogP) is 2.67. The third-order valence-electron chi connectivity index (χ3n) is 1.97. The van der Waals surface area contributed by atoms with Crippen LogP contribution in [0.2, 0.25) is 0 Å². The van der Waals surface area contributed by atoms with E-state index in [9.17, 15) is 4.39 Å². The molecule has 0 fully saturated rings. The molecule has 0 heterocycles. The molecule has 1 aromatic rings. The van der Waals surface area contributed by atoms with Gasteiger partial charge in [-0.3, -0.25) is 0 Å². The Morgan fingerprint density at radius 1 is 1.42 bits per heavy atom. The lowest BCUT2D eigenvalue weighted by Crippen LogP contribution is -1.96. The second kappa shape index (κ2) is 3.57. The largest absolute Gasteiger partial charge is 0.396 e. The molecule has 12 heavy (non-hydrogen) atoms. The maximum Gasteiger partial charge on any atom is 0.146 e. The number of rotatable bonds is 2. The molecular formula is C10H14FN. The molecule has 2 N–H and O–H groups in total. The van der Waals surface area contributed by atoms with Gasteiger partial charge < -0.3 is 5.73 Å². The minimum atomic E-state index is -0.313. The molecule has 0 aliphatic heterocycles. The average Bonchev–Trinajstić information content (AvgIpc) is 2.01. The van der Waals surface area contributed by atoms with Gasteiger partial charge in [0.2, 0.25) is 0 Å². The minimum absolute atomic E-state index is 0.254. The summed E-state index contributed by atoms with van der Waals surface area (Å²) in [5, 5.41) is 0. The van der Waals surface area contributed by atoms with Crippen LogP contribution in [0.5, 0.6) is 0 Å². The number of benzene rings is 1. The van der Waals surface area contributed by atoms with Crippen molar-refractivity contribution in [2.75, 3.05) is 5.73 Å². The molecule has 0 atom stereocenters. The molecule has 0 radical (unpaired) electrons. The van der Waals surface area contributed by atoms with E-state index in [0.29, 0.717) is 0 Å². The van der Waals surface area contributed by atoms with Gasteiger partial charge in [0, 0.05) is 0 Å². The summed E-state index contributed by atoms with van der Waals surface area (Å²) >= 11 is 0. The summed E-state index contributed by atoms with van der Waals surface area (Å²) in [5.41, 5.74) is 7.84. The monoisotopic (exact) mass is 167 g/mol. The first kappa shape index (κ1) is 9.04. The molecule has 66 valence electrons. The third kappa shape index (κ3) is 1.76. The molecule has 0 bridgehead atoms. The topological polar surface area (TPSA) is 26.0 Å². The first-order valence-corrected chi connectivity index (χ1v) is 4.19. The van der Waals surface area contributed by atoms with Crippen LogP contribution in [-0.2, 0) is 6.42 Å². The minimum Gasteiger partial charge on any atom is -0.396 e. The van der Waals surface area contributed by atoms with E-state index in [0.717, 1.165) is 24.0 Å². The molecule has 0 aliphatic carbocycles. The van der Waals surface area contributed by atoms with Crippen molar-refractivity contribution in [1.82, 2.24) is 0 Å². The van der Waals surface area contributed by atoms with E-state index in [1.165, 1.54) is 6.07 Å². The predicted molar refractivity (Wildman–Crippen MR) is 49.5 cm³/mol. The number of hydrogen-bond acceptors (Lipinski definition) is 1. The quantitative estimate of drug-likeness (QED) is 0.673. The number of hydrogen-bond donors (Lipinski definition) is 1. The van der Waals surface area contributed by atoms with Crippen LogP contribution in [0.3, 0.4) is 0 Å². The van der Waals surface area contributed by atoms with Crippen LogP contribution in [0.4, 0.5) is 10.1 Å². The lowest BCUT2D eigenvalue weighted by atomic mass is 10.0. The van der Waals surface area contributed by atoms with Crippen molar-refractivity contribution in [3.05, 3.63) is 29.1 Å². The highest BCUT2D eigenvalue weighted by atomic mass is 19.1. The summed E-state index contributed by atoms with van der Waals surface area (Å²) in [6, 6.07) is 3.23. The van der Waals surface area contributed by atoms with Gasteiger partial charge in [-0.1, -0.05) is 13.3 Å². The fourth-order valence-electron chi connectivity index (χ4n) is 1.28. The molecule has 2 heteroatoms. The summed E-state index contributed by atoms with van der Waals surface area (Å²) in [4.78, 5) is 0. The van der Waals surface area contributed by atoms with E-state index in [4.69, 9.17) is 5.73 Å². The van der Waals surface area contributed by atoms with Crippen molar-refractivity contribution in [3.8, 4) is 0 Å². The standard InChI is InChI=1S/C10H14FN/c1-3-4-8-6-10(12)9(11)5-7(8)2/h5-6H,3-4,12H2,1-2H3. The highest BCUT2D eigenvalue weighted by Gasteiger charge is 2.02. The zero-order chi connectivity index (χ0) is 9.14. The third-order valence-corrected chi connectivity index (χ3v) is 1.97. The Hall–Kier alpha value is -1.05. The van der Waals surface area contributed by atoms with Gasteiger partial charge in [-0.15, -0.1) is 0 Å². The zero-order valence-corrected chi connectivity index (χ0v) is 7.52. The smallest absolute Gasteiger partial charge is 0.146 e. The van der Waals surface area contributed by atoms with Crippen LogP contribution in [-0.4, -0.2) is 0 Å². The van der Waals surface area contributed by atoms with Crippen molar-refractivity contribution >= 4 is 5.69 Å². The number of halogens is 1.